The second-order valence-corrected chi connectivity index (χ2v) is 4.95. The molecule has 1 aromatic carbocycles. The van der Waals surface area contributed by atoms with Gasteiger partial charge in [0.1, 0.15) is 6.10 Å². The van der Waals surface area contributed by atoms with Gasteiger partial charge in [0.15, 0.2) is 11.5 Å². The maximum absolute atomic E-state index is 11.1. The third kappa shape index (κ3) is 3.65. The van der Waals surface area contributed by atoms with E-state index in [0.717, 1.165) is 12.0 Å². The summed E-state index contributed by atoms with van der Waals surface area (Å²) >= 11 is 0. The molecule has 0 radical (unpaired) electrons. The highest BCUT2D eigenvalue weighted by molar-refractivity contribution is 5.66. The fourth-order valence-corrected chi connectivity index (χ4v) is 2.44. The van der Waals surface area contributed by atoms with E-state index in [4.69, 9.17) is 24.7 Å². The van der Waals surface area contributed by atoms with Crippen molar-refractivity contribution in [3.63, 3.8) is 0 Å². The first kappa shape index (κ1) is 15.6. The largest absolute Gasteiger partial charge is 0.493 e. The maximum Gasteiger partial charge on any atom is 0.304 e. The van der Waals surface area contributed by atoms with Crippen LogP contribution in [0.15, 0.2) is 18.2 Å². The van der Waals surface area contributed by atoms with Crippen molar-refractivity contribution in [1.29, 1.82) is 0 Å². The Bertz CT molecular complexity index is 505. The van der Waals surface area contributed by atoms with Crippen LogP contribution in [0.5, 0.6) is 11.5 Å². The molecule has 1 fully saturated rings. The molecule has 1 aromatic rings. The third-order valence-corrected chi connectivity index (χ3v) is 3.46. The molecular formula is C15H21NO5. The molecule has 0 spiro atoms. The second kappa shape index (κ2) is 6.78. The van der Waals surface area contributed by atoms with Crippen molar-refractivity contribution < 1.29 is 23.7 Å². The van der Waals surface area contributed by atoms with E-state index in [1.54, 1.807) is 20.3 Å². The smallest absolute Gasteiger partial charge is 0.304 e. The Morgan fingerprint density at radius 2 is 1.95 bits per heavy atom. The number of hydrogen-bond acceptors (Lipinski definition) is 6. The van der Waals surface area contributed by atoms with Crippen LogP contribution in [-0.4, -0.2) is 32.5 Å². The van der Waals surface area contributed by atoms with Gasteiger partial charge < -0.3 is 24.7 Å². The van der Waals surface area contributed by atoms with Crippen molar-refractivity contribution in [2.24, 2.45) is 5.73 Å². The molecule has 1 aliphatic rings. The Labute approximate surface area is 124 Å². The van der Waals surface area contributed by atoms with Gasteiger partial charge in [-0.3, -0.25) is 4.79 Å². The minimum Gasteiger partial charge on any atom is -0.493 e. The van der Waals surface area contributed by atoms with Crippen molar-refractivity contribution in [2.45, 2.75) is 38.2 Å². The van der Waals surface area contributed by atoms with E-state index in [-0.39, 0.29) is 18.1 Å². The van der Waals surface area contributed by atoms with Crippen molar-refractivity contribution in [3.05, 3.63) is 23.8 Å². The normalized spacial score (nSPS) is 25.2. The number of ether oxygens (including phenoxy) is 4. The summed E-state index contributed by atoms with van der Waals surface area (Å²) in [6.45, 7) is 1.36. The number of nitrogens with two attached hydrogens (primary N) is 1. The van der Waals surface area contributed by atoms with E-state index in [0.29, 0.717) is 17.9 Å². The first-order chi connectivity index (χ1) is 10.0. The van der Waals surface area contributed by atoms with Crippen LogP contribution in [0.25, 0.3) is 0 Å². The Balaban J connectivity index is 2.20. The first-order valence-corrected chi connectivity index (χ1v) is 6.85. The molecule has 6 heteroatoms. The zero-order valence-electron chi connectivity index (χ0n) is 12.5. The lowest BCUT2D eigenvalue weighted by molar-refractivity contribution is -0.205. The van der Waals surface area contributed by atoms with Crippen LogP contribution in [0.3, 0.4) is 0 Å². The molecule has 2 rings (SSSR count). The van der Waals surface area contributed by atoms with Gasteiger partial charge in [-0.1, -0.05) is 6.07 Å². The van der Waals surface area contributed by atoms with E-state index in [1.165, 1.54) is 6.92 Å². The summed E-state index contributed by atoms with van der Waals surface area (Å²) in [5.41, 5.74) is 7.00. The Kier molecular flexibility index (Phi) is 5.03. The first-order valence-electron chi connectivity index (χ1n) is 6.85. The van der Waals surface area contributed by atoms with E-state index in [1.807, 2.05) is 12.1 Å². The lowest BCUT2D eigenvalue weighted by Gasteiger charge is -2.34. The van der Waals surface area contributed by atoms with E-state index in [2.05, 4.69) is 0 Å². The quantitative estimate of drug-likeness (QED) is 0.853. The standard InChI is InChI=1S/C15H21NO5/c1-9(17)20-14-7-5-11(16)15(21-14)10-4-6-12(18-2)13(8-10)19-3/h4,6,8,11,14-15H,5,7,16H2,1-3H3. The van der Waals surface area contributed by atoms with Crippen LogP contribution in [0, 0.1) is 0 Å². The molecule has 2 N–H and O–H groups in total. The summed E-state index contributed by atoms with van der Waals surface area (Å²) < 4.78 is 21.4. The minimum absolute atomic E-state index is 0.157. The Morgan fingerprint density at radius 3 is 2.57 bits per heavy atom. The number of carbonyl (C=O) groups is 1. The van der Waals surface area contributed by atoms with Crippen molar-refractivity contribution in [3.8, 4) is 11.5 Å². The van der Waals surface area contributed by atoms with Crippen LogP contribution >= 0.6 is 0 Å². The topological polar surface area (TPSA) is 80.0 Å². The highest BCUT2D eigenvalue weighted by Gasteiger charge is 2.32. The van der Waals surface area contributed by atoms with Crippen LogP contribution in [0.1, 0.15) is 31.4 Å². The highest BCUT2D eigenvalue weighted by Crippen LogP contribution is 2.36. The van der Waals surface area contributed by atoms with Gasteiger partial charge in [-0.2, -0.15) is 0 Å². The molecule has 0 aliphatic carbocycles. The van der Waals surface area contributed by atoms with Crippen LogP contribution < -0.4 is 15.2 Å². The molecule has 116 valence electrons. The van der Waals surface area contributed by atoms with E-state index < -0.39 is 6.29 Å². The fourth-order valence-electron chi connectivity index (χ4n) is 2.44. The predicted molar refractivity (Wildman–Crippen MR) is 76.1 cm³/mol. The summed E-state index contributed by atoms with van der Waals surface area (Å²) in [5.74, 6) is 0.893. The Hall–Kier alpha value is -1.79. The predicted octanol–water partition coefficient (Wildman–Crippen LogP) is 1.77. The third-order valence-electron chi connectivity index (χ3n) is 3.46. The summed E-state index contributed by atoms with van der Waals surface area (Å²) in [5, 5.41) is 0. The highest BCUT2D eigenvalue weighted by atomic mass is 16.7. The summed E-state index contributed by atoms with van der Waals surface area (Å²) in [6, 6.07) is 5.36. The maximum atomic E-state index is 11.1. The van der Waals surface area contributed by atoms with Crippen molar-refractivity contribution >= 4 is 5.97 Å². The molecule has 0 aromatic heterocycles. The molecule has 6 nitrogen and oxygen atoms in total. The molecule has 1 saturated heterocycles. The number of carbonyl (C=O) groups excluding carboxylic acids is 1. The number of benzene rings is 1. The van der Waals surface area contributed by atoms with Gasteiger partial charge in [0, 0.05) is 19.4 Å². The molecule has 3 unspecified atom stereocenters. The van der Waals surface area contributed by atoms with Gasteiger partial charge in [0.2, 0.25) is 6.29 Å². The fraction of sp³-hybridized carbons (Fsp3) is 0.533. The molecule has 1 heterocycles. The molecule has 0 saturated carbocycles. The second-order valence-electron chi connectivity index (χ2n) is 4.95. The van der Waals surface area contributed by atoms with Crippen LogP contribution in [0.4, 0.5) is 0 Å². The lowest BCUT2D eigenvalue weighted by atomic mass is 9.96. The molecule has 21 heavy (non-hydrogen) atoms. The lowest BCUT2D eigenvalue weighted by Crippen LogP contribution is -2.40. The molecule has 0 bridgehead atoms. The summed E-state index contributed by atoms with van der Waals surface area (Å²) in [7, 11) is 3.15. The molecule has 0 amide bonds. The zero-order valence-corrected chi connectivity index (χ0v) is 12.5. The van der Waals surface area contributed by atoms with E-state index in [9.17, 15) is 4.79 Å². The molecular weight excluding hydrogens is 274 g/mol. The summed E-state index contributed by atoms with van der Waals surface area (Å²) in [6.07, 6.45) is 0.421. The minimum atomic E-state index is -0.555. The van der Waals surface area contributed by atoms with Gasteiger partial charge >= 0.3 is 5.97 Å². The number of rotatable bonds is 4. The molecule has 3 atom stereocenters. The van der Waals surface area contributed by atoms with Crippen molar-refractivity contribution in [2.75, 3.05) is 14.2 Å². The monoisotopic (exact) mass is 295 g/mol. The van der Waals surface area contributed by atoms with Gasteiger partial charge in [-0.05, 0) is 24.1 Å². The average Bonchev–Trinajstić information content (AvgIpc) is 2.48. The SMILES string of the molecule is COc1ccc(C2OC(OC(C)=O)CCC2N)cc1OC. The van der Waals surface area contributed by atoms with Crippen LogP contribution in [-0.2, 0) is 14.3 Å². The van der Waals surface area contributed by atoms with E-state index >= 15 is 0 Å². The van der Waals surface area contributed by atoms with Gasteiger partial charge in [-0.15, -0.1) is 0 Å². The number of hydrogen-bond donors (Lipinski definition) is 1. The zero-order chi connectivity index (χ0) is 15.4. The summed E-state index contributed by atoms with van der Waals surface area (Å²) in [4.78, 5) is 11.1. The van der Waals surface area contributed by atoms with Gasteiger partial charge in [0.05, 0.1) is 14.2 Å². The average molecular weight is 295 g/mol. The Morgan fingerprint density at radius 1 is 1.24 bits per heavy atom. The van der Waals surface area contributed by atoms with Gasteiger partial charge in [0.25, 0.3) is 0 Å². The van der Waals surface area contributed by atoms with Crippen LogP contribution in [0.2, 0.25) is 0 Å². The van der Waals surface area contributed by atoms with Gasteiger partial charge in [-0.25, -0.2) is 0 Å². The van der Waals surface area contributed by atoms with Crippen molar-refractivity contribution in [1.82, 2.24) is 0 Å². The number of esters is 1. The molecule has 1 aliphatic heterocycles. The number of methoxy groups -OCH3 is 2.